The smallest absolute Gasteiger partial charge is 0.0254 e. The molecule has 0 aromatic rings. The summed E-state index contributed by atoms with van der Waals surface area (Å²) >= 11 is 0. The Morgan fingerprint density at radius 2 is 1.83 bits per heavy atom. The van der Waals surface area contributed by atoms with Crippen LogP contribution in [0.1, 0.15) is 47.0 Å². The van der Waals surface area contributed by atoms with E-state index in [0.29, 0.717) is 0 Å². The van der Waals surface area contributed by atoms with Crippen LogP contribution < -0.4 is 0 Å². The van der Waals surface area contributed by atoms with Gasteiger partial charge in [0.1, 0.15) is 0 Å². The lowest BCUT2D eigenvalue weighted by atomic mass is 9.92. The Hall–Kier alpha value is -0.520. The van der Waals surface area contributed by atoms with Gasteiger partial charge in [-0.25, -0.2) is 0 Å². The molecule has 0 aliphatic carbocycles. The van der Waals surface area contributed by atoms with Gasteiger partial charge in [-0.3, -0.25) is 0 Å². The molecule has 0 unspecified atom stereocenters. The third-order valence-electron chi connectivity index (χ3n) is 2.68. The minimum atomic E-state index is 0.826. The first-order valence-electron chi connectivity index (χ1n) is 4.96. The first-order chi connectivity index (χ1) is 5.65. The zero-order valence-electron chi connectivity index (χ0n) is 8.98. The van der Waals surface area contributed by atoms with Gasteiger partial charge >= 0.3 is 0 Å². The summed E-state index contributed by atoms with van der Waals surface area (Å²) in [6.45, 7) is 12.8. The van der Waals surface area contributed by atoms with E-state index >= 15 is 0 Å². The van der Waals surface area contributed by atoms with Gasteiger partial charge in [-0.2, -0.15) is 0 Å². The van der Waals surface area contributed by atoms with Gasteiger partial charge in [0.25, 0.3) is 0 Å². The quantitative estimate of drug-likeness (QED) is 0.533. The van der Waals surface area contributed by atoms with E-state index in [-0.39, 0.29) is 0 Å². The molecule has 0 radical (unpaired) electrons. The molecular formula is C12H22. The molecule has 0 N–H and O–H groups in total. The summed E-state index contributed by atoms with van der Waals surface area (Å²) in [7, 11) is 0. The van der Waals surface area contributed by atoms with E-state index in [9.17, 15) is 0 Å². The van der Waals surface area contributed by atoms with E-state index in [4.69, 9.17) is 0 Å². The summed E-state index contributed by atoms with van der Waals surface area (Å²) in [5, 5.41) is 0. The second kappa shape index (κ2) is 6.05. The van der Waals surface area contributed by atoms with Crippen LogP contribution in [0.4, 0.5) is 0 Å². The van der Waals surface area contributed by atoms with Crippen molar-refractivity contribution in [2.75, 3.05) is 0 Å². The molecule has 70 valence electrons. The first-order valence-corrected chi connectivity index (χ1v) is 4.96. The topological polar surface area (TPSA) is 0 Å². The highest BCUT2D eigenvalue weighted by molar-refractivity contribution is 5.25. The lowest BCUT2D eigenvalue weighted by molar-refractivity contribution is 0.491. The summed E-state index contributed by atoms with van der Waals surface area (Å²) in [6.07, 6.45) is 5.85. The second-order valence-electron chi connectivity index (χ2n) is 3.46. The van der Waals surface area contributed by atoms with Crippen LogP contribution in [0.25, 0.3) is 0 Å². The number of rotatable bonds is 5. The van der Waals surface area contributed by atoms with E-state index in [0.717, 1.165) is 5.92 Å². The average molecular weight is 166 g/mol. The van der Waals surface area contributed by atoms with Crippen LogP contribution in [0.5, 0.6) is 0 Å². The standard InChI is InChI=1S/C12H22/c1-6-10(4)11(5)9-12(7-2)8-3/h6,12H,5,7-9H2,1-4H3. The fourth-order valence-electron chi connectivity index (χ4n) is 1.29. The number of hydrogen-bond donors (Lipinski definition) is 0. The van der Waals surface area contributed by atoms with Gasteiger partial charge < -0.3 is 0 Å². The first kappa shape index (κ1) is 11.5. The summed E-state index contributed by atoms with van der Waals surface area (Å²) in [5.74, 6) is 0.826. The van der Waals surface area contributed by atoms with Gasteiger partial charge in [0.2, 0.25) is 0 Å². The van der Waals surface area contributed by atoms with Gasteiger partial charge in [0.05, 0.1) is 0 Å². The summed E-state index contributed by atoms with van der Waals surface area (Å²) < 4.78 is 0. The Balaban J connectivity index is 3.98. The predicted octanol–water partition coefficient (Wildman–Crippen LogP) is 4.34. The molecule has 12 heavy (non-hydrogen) atoms. The Morgan fingerprint density at radius 3 is 2.17 bits per heavy atom. The summed E-state index contributed by atoms with van der Waals surface area (Å²) in [6, 6.07) is 0. The molecule has 0 amide bonds. The Bertz CT molecular complexity index is 159. The summed E-state index contributed by atoms with van der Waals surface area (Å²) in [5.41, 5.74) is 2.66. The van der Waals surface area contributed by atoms with Crippen LogP contribution in [0.3, 0.4) is 0 Å². The molecule has 0 heterocycles. The molecule has 0 aromatic heterocycles. The third kappa shape index (κ3) is 3.75. The molecule has 0 rings (SSSR count). The molecular weight excluding hydrogens is 144 g/mol. The lowest BCUT2D eigenvalue weighted by Gasteiger charge is -2.14. The Morgan fingerprint density at radius 1 is 1.33 bits per heavy atom. The minimum Gasteiger partial charge on any atom is -0.0956 e. The molecule has 0 aromatic carbocycles. The van der Waals surface area contributed by atoms with Crippen molar-refractivity contribution in [2.24, 2.45) is 5.92 Å². The highest BCUT2D eigenvalue weighted by Crippen LogP contribution is 2.21. The second-order valence-corrected chi connectivity index (χ2v) is 3.46. The molecule has 0 fully saturated rings. The van der Waals surface area contributed by atoms with E-state index in [1.165, 1.54) is 30.4 Å². The SMILES string of the molecule is C=C(CC(CC)CC)C(C)=CC. The van der Waals surface area contributed by atoms with Crippen molar-refractivity contribution in [3.63, 3.8) is 0 Å². The van der Waals surface area contributed by atoms with Crippen LogP contribution in [-0.4, -0.2) is 0 Å². The molecule has 0 aliphatic rings. The molecule has 0 saturated carbocycles. The molecule has 0 atom stereocenters. The summed E-state index contributed by atoms with van der Waals surface area (Å²) in [4.78, 5) is 0. The van der Waals surface area contributed by atoms with Crippen LogP contribution in [-0.2, 0) is 0 Å². The zero-order chi connectivity index (χ0) is 9.56. The van der Waals surface area contributed by atoms with E-state index < -0.39 is 0 Å². The molecule has 0 bridgehead atoms. The fourth-order valence-corrected chi connectivity index (χ4v) is 1.29. The maximum Gasteiger partial charge on any atom is -0.0254 e. The zero-order valence-corrected chi connectivity index (χ0v) is 8.98. The minimum absolute atomic E-state index is 0.826. The Kier molecular flexibility index (Phi) is 5.79. The maximum atomic E-state index is 4.09. The monoisotopic (exact) mass is 166 g/mol. The Labute approximate surface area is 77.4 Å². The highest BCUT2D eigenvalue weighted by atomic mass is 14.1. The van der Waals surface area contributed by atoms with Gasteiger partial charge in [-0.1, -0.05) is 50.5 Å². The fraction of sp³-hybridized carbons (Fsp3) is 0.667. The van der Waals surface area contributed by atoms with Crippen molar-refractivity contribution in [1.82, 2.24) is 0 Å². The van der Waals surface area contributed by atoms with Crippen LogP contribution in [0.2, 0.25) is 0 Å². The van der Waals surface area contributed by atoms with Crippen molar-refractivity contribution >= 4 is 0 Å². The van der Waals surface area contributed by atoms with Crippen molar-refractivity contribution in [2.45, 2.75) is 47.0 Å². The van der Waals surface area contributed by atoms with Gasteiger partial charge in [-0.15, -0.1) is 0 Å². The van der Waals surface area contributed by atoms with Crippen molar-refractivity contribution < 1.29 is 0 Å². The van der Waals surface area contributed by atoms with E-state index in [1.807, 2.05) is 0 Å². The van der Waals surface area contributed by atoms with Crippen molar-refractivity contribution in [3.05, 3.63) is 23.8 Å². The largest absolute Gasteiger partial charge is 0.0956 e. The van der Waals surface area contributed by atoms with Gasteiger partial charge in [-0.05, 0) is 26.2 Å². The molecule has 0 spiro atoms. The van der Waals surface area contributed by atoms with Gasteiger partial charge in [0.15, 0.2) is 0 Å². The highest BCUT2D eigenvalue weighted by Gasteiger charge is 2.05. The molecule has 0 nitrogen and oxygen atoms in total. The van der Waals surface area contributed by atoms with Crippen LogP contribution >= 0.6 is 0 Å². The van der Waals surface area contributed by atoms with Crippen molar-refractivity contribution in [3.8, 4) is 0 Å². The maximum absolute atomic E-state index is 4.09. The number of hydrogen-bond acceptors (Lipinski definition) is 0. The van der Waals surface area contributed by atoms with Crippen LogP contribution in [0.15, 0.2) is 23.8 Å². The van der Waals surface area contributed by atoms with E-state index in [2.05, 4.69) is 40.3 Å². The molecule has 0 aliphatic heterocycles. The van der Waals surface area contributed by atoms with Crippen molar-refractivity contribution in [1.29, 1.82) is 0 Å². The van der Waals surface area contributed by atoms with Crippen LogP contribution in [0, 0.1) is 5.92 Å². The lowest BCUT2D eigenvalue weighted by Crippen LogP contribution is -1.98. The molecule has 0 saturated heterocycles. The number of allylic oxidation sites excluding steroid dienone is 3. The van der Waals surface area contributed by atoms with E-state index in [1.54, 1.807) is 0 Å². The predicted molar refractivity (Wildman–Crippen MR) is 57.3 cm³/mol. The normalized spacial score (nSPS) is 12.2. The third-order valence-corrected chi connectivity index (χ3v) is 2.68. The average Bonchev–Trinajstić information content (AvgIpc) is 2.12. The molecule has 0 heteroatoms. The van der Waals surface area contributed by atoms with Gasteiger partial charge in [0, 0.05) is 0 Å².